The summed E-state index contributed by atoms with van der Waals surface area (Å²) in [5.41, 5.74) is 0. The van der Waals surface area contributed by atoms with Crippen LogP contribution in [0.15, 0.2) is 12.2 Å². The van der Waals surface area contributed by atoms with Crippen molar-refractivity contribution in [1.29, 1.82) is 0 Å². The summed E-state index contributed by atoms with van der Waals surface area (Å²) < 4.78 is 17.0. The average molecular weight is 668 g/mol. The lowest BCUT2D eigenvalue weighted by molar-refractivity contribution is -0.889. The van der Waals surface area contributed by atoms with Crippen LogP contribution in [0, 0.1) is 0 Å². The first kappa shape index (κ1) is 45.1. The Morgan fingerprint density at radius 2 is 1.06 bits per heavy atom. The van der Waals surface area contributed by atoms with Crippen LogP contribution in [0.3, 0.4) is 0 Å². The van der Waals surface area contributed by atoms with Crippen molar-refractivity contribution in [3.05, 3.63) is 12.2 Å². The van der Waals surface area contributed by atoms with Gasteiger partial charge in [0, 0.05) is 19.3 Å². The number of ether oxygens (including phenoxy) is 3. The van der Waals surface area contributed by atoms with E-state index in [1.807, 2.05) is 0 Å². The van der Waals surface area contributed by atoms with Crippen molar-refractivity contribution in [3.63, 3.8) is 0 Å². The summed E-state index contributed by atoms with van der Waals surface area (Å²) in [7, 11) is 5.39. The Balaban J connectivity index is 4.43. The number of esters is 2. The van der Waals surface area contributed by atoms with Gasteiger partial charge in [0.2, 0.25) is 0 Å². The average Bonchev–Trinajstić information content (AvgIpc) is 3.01. The molecule has 0 saturated heterocycles. The van der Waals surface area contributed by atoms with E-state index in [1.54, 1.807) is 21.1 Å². The predicted octanol–water partition coefficient (Wildman–Crippen LogP) is 8.24. The summed E-state index contributed by atoms with van der Waals surface area (Å²) in [6, 6.07) is -0.722. The number of hydrogen-bond donors (Lipinski definition) is 0. The van der Waals surface area contributed by atoms with Crippen LogP contribution in [0.5, 0.6) is 0 Å². The first-order valence-corrected chi connectivity index (χ1v) is 19.2. The smallest absolute Gasteiger partial charge is 0.306 e. The minimum absolute atomic E-state index is 0.0392. The van der Waals surface area contributed by atoms with E-state index in [0.717, 1.165) is 51.4 Å². The lowest BCUT2D eigenvalue weighted by atomic mass is 10.1. The van der Waals surface area contributed by atoms with Gasteiger partial charge in [0.05, 0.1) is 40.3 Å². The Hall–Kier alpha value is -1.93. The standard InChI is InChI=1S/C39H73NO7/c1-6-8-10-12-14-16-17-18-19-20-22-24-26-28-30-38(42)47-35(33-45-32-31-36(39(43)44)40(3,4)5)34-46-37(41)29-27-25-23-21-15-13-11-9-7-2/h19-20,35-36H,6-18,21-34H2,1-5H3/b20-19+. The van der Waals surface area contributed by atoms with Crippen molar-refractivity contribution >= 4 is 17.9 Å². The fourth-order valence-electron chi connectivity index (χ4n) is 5.59. The van der Waals surface area contributed by atoms with Gasteiger partial charge in [0.15, 0.2) is 6.10 Å². The predicted molar refractivity (Wildman–Crippen MR) is 190 cm³/mol. The Labute approximate surface area is 289 Å². The number of quaternary nitrogens is 1. The molecule has 0 bridgehead atoms. The highest BCUT2D eigenvalue weighted by atomic mass is 16.6. The molecular weight excluding hydrogens is 594 g/mol. The van der Waals surface area contributed by atoms with Gasteiger partial charge in [-0.1, -0.05) is 122 Å². The van der Waals surface area contributed by atoms with Gasteiger partial charge in [0.1, 0.15) is 12.6 Å². The second-order valence-corrected chi connectivity index (χ2v) is 14.2. The lowest BCUT2D eigenvalue weighted by Gasteiger charge is -2.34. The molecule has 0 aliphatic carbocycles. The second kappa shape index (κ2) is 31.3. The van der Waals surface area contributed by atoms with Crippen LogP contribution in [0.1, 0.15) is 168 Å². The monoisotopic (exact) mass is 668 g/mol. The maximum atomic E-state index is 12.6. The van der Waals surface area contributed by atoms with E-state index in [2.05, 4.69) is 26.0 Å². The molecule has 0 rings (SSSR count). The quantitative estimate of drug-likeness (QED) is 0.0295. The Morgan fingerprint density at radius 1 is 0.617 bits per heavy atom. The molecule has 2 atom stereocenters. The molecule has 47 heavy (non-hydrogen) atoms. The number of hydrogen-bond acceptors (Lipinski definition) is 7. The number of allylic oxidation sites excluding steroid dienone is 2. The highest BCUT2D eigenvalue weighted by Gasteiger charge is 2.25. The molecule has 0 aromatic heterocycles. The summed E-state index contributed by atoms with van der Waals surface area (Å²) in [6.07, 6.45) is 29.5. The van der Waals surface area contributed by atoms with Crippen molar-refractivity contribution in [1.82, 2.24) is 0 Å². The molecule has 8 nitrogen and oxygen atoms in total. The largest absolute Gasteiger partial charge is 0.544 e. The van der Waals surface area contributed by atoms with E-state index in [4.69, 9.17) is 14.2 Å². The molecule has 276 valence electrons. The third-order valence-electron chi connectivity index (χ3n) is 8.65. The number of unbranched alkanes of at least 4 members (excludes halogenated alkanes) is 18. The lowest BCUT2D eigenvalue weighted by Crippen LogP contribution is -2.55. The van der Waals surface area contributed by atoms with Crippen LogP contribution >= 0.6 is 0 Å². The first-order chi connectivity index (χ1) is 22.6. The van der Waals surface area contributed by atoms with E-state index in [-0.39, 0.29) is 42.7 Å². The van der Waals surface area contributed by atoms with Crippen LogP contribution < -0.4 is 5.11 Å². The number of aliphatic carboxylic acids is 1. The van der Waals surface area contributed by atoms with Gasteiger partial charge in [-0.05, 0) is 38.5 Å². The molecule has 0 saturated carbocycles. The van der Waals surface area contributed by atoms with Gasteiger partial charge >= 0.3 is 11.9 Å². The molecule has 0 aromatic carbocycles. The van der Waals surface area contributed by atoms with Crippen LogP contribution in [-0.2, 0) is 28.6 Å². The number of carbonyl (C=O) groups excluding carboxylic acids is 3. The number of carboxylic acid groups (broad SMARTS) is 1. The zero-order valence-corrected chi connectivity index (χ0v) is 31.2. The summed E-state index contributed by atoms with van der Waals surface area (Å²) in [5, 5.41) is 11.6. The third-order valence-corrected chi connectivity index (χ3v) is 8.65. The van der Waals surface area contributed by atoms with Crippen LogP contribution in [0.4, 0.5) is 0 Å². The van der Waals surface area contributed by atoms with Crippen molar-refractivity contribution in [3.8, 4) is 0 Å². The van der Waals surface area contributed by atoms with Crippen molar-refractivity contribution in [2.45, 2.75) is 180 Å². The SMILES string of the molecule is CCCCCCCCC/C=C/CCCCCC(=O)OC(COCCC(C(=O)[O-])[N+](C)(C)C)COC(=O)CCCCCCCCCCC. The third kappa shape index (κ3) is 29.9. The summed E-state index contributed by atoms with van der Waals surface area (Å²) in [6.45, 7) is 4.61. The van der Waals surface area contributed by atoms with E-state index in [1.165, 1.54) is 83.5 Å². The van der Waals surface area contributed by atoms with E-state index in [9.17, 15) is 19.5 Å². The fourth-order valence-corrected chi connectivity index (χ4v) is 5.59. The number of nitrogens with zero attached hydrogens (tertiary/aromatic N) is 1. The summed E-state index contributed by atoms with van der Waals surface area (Å²) >= 11 is 0. The van der Waals surface area contributed by atoms with Gasteiger partial charge in [-0.15, -0.1) is 0 Å². The Bertz CT molecular complexity index is 793. The maximum Gasteiger partial charge on any atom is 0.306 e. The van der Waals surface area contributed by atoms with Crippen molar-refractivity contribution in [2.75, 3.05) is 41.0 Å². The molecule has 0 heterocycles. The van der Waals surface area contributed by atoms with E-state index < -0.39 is 18.1 Å². The van der Waals surface area contributed by atoms with Gasteiger partial charge in [-0.25, -0.2) is 0 Å². The molecule has 0 radical (unpaired) electrons. The Kier molecular flexibility index (Phi) is 30.1. The molecule has 8 heteroatoms. The van der Waals surface area contributed by atoms with Crippen LogP contribution in [-0.4, -0.2) is 75.5 Å². The molecule has 0 spiro atoms. The van der Waals surface area contributed by atoms with Gasteiger partial charge in [0.25, 0.3) is 0 Å². The minimum atomic E-state index is -1.13. The topological polar surface area (TPSA) is 102 Å². The first-order valence-electron chi connectivity index (χ1n) is 19.2. The van der Waals surface area contributed by atoms with Gasteiger partial charge < -0.3 is 28.6 Å². The molecule has 0 fully saturated rings. The van der Waals surface area contributed by atoms with Crippen LogP contribution in [0.2, 0.25) is 0 Å². The zero-order chi connectivity index (χ0) is 35.0. The fraction of sp³-hybridized carbons (Fsp3) is 0.872. The molecular formula is C39H73NO7. The number of rotatable bonds is 34. The highest BCUT2D eigenvalue weighted by molar-refractivity contribution is 5.70. The Morgan fingerprint density at radius 3 is 1.55 bits per heavy atom. The maximum absolute atomic E-state index is 12.6. The highest BCUT2D eigenvalue weighted by Crippen LogP contribution is 2.13. The summed E-state index contributed by atoms with van der Waals surface area (Å²) in [5.74, 6) is -1.75. The van der Waals surface area contributed by atoms with Gasteiger partial charge in [-0.3, -0.25) is 9.59 Å². The molecule has 0 aliphatic heterocycles. The van der Waals surface area contributed by atoms with Crippen LogP contribution in [0.25, 0.3) is 0 Å². The number of carbonyl (C=O) groups is 3. The van der Waals surface area contributed by atoms with Crippen molar-refractivity contribution in [2.24, 2.45) is 0 Å². The normalized spacial score (nSPS) is 13.1. The number of carboxylic acids is 1. The summed E-state index contributed by atoms with van der Waals surface area (Å²) in [4.78, 5) is 36.5. The molecule has 0 aliphatic rings. The van der Waals surface area contributed by atoms with E-state index >= 15 is 0 Å². The van der Waals surface area contributed by atoms with E-state index in [0.29, 0.717) is 12.8 Å². The molecule has 0 N–H and O–H groups in total. The molecule has 2 unspecified atom stereocenters. The number of likely N-dealkylation sites (N-methyl/N-ethyl adjacent to an activating group) is 1. The van der Waals surface area contributed by atoms with Crippen molar-refractivity contribution < 1.29 is 38.2 Å². The molecule has 0 aromatic rings. The second-order valence-electron chi connectivity index (χ2n) is 14.2. The molecule has 0 amide bonds. The minimum Gasteiger partial charge on any atom is -0.544 e. The van der Waals surface area contributed by atoms with Gasteiger partial charge in [-0.2, -0.15) is 0 Å². The zero-order valence-electron chi connectivity index (χ0n) is 31.2.